The first-order chi connectivity index (χ1) is 16.9. The highest BCUT2D eigenvalue weighted by Crippen LogP contribution is 2.37. The third-order valence-electron chi connectivity index (χ3n) is 5.81. The van der Waals surface area contributed by atoms with Crippen molar-refractivity contribution in [2.75, 3.05) is 26.2 Å². The summed E-state index contributed by atoms with van der Waals surface area (Å²) in [7, 11) is 0. The Hall–Kier alpha value is -3.26. The lowest BCUT2D eigenvalue weighted by molar-refractivity contribution is -0.250. The predicted octanol–water partition coefficient (Wildman–Crippen LogP) is 4.02. The van der Waals surface area contributed by atoms with Gasteiger partial charge < -0.3 is 9.68 Å². The van der Waals surface area contributed by atoms with Gasteiger partial charge in [0.25, 0.3) is 0 Å². The fraction of sp³-hybridized carbons (Fsp3) is 0.364. The monoisotopic (exact) mass is 524 g/mol. The lowest BCUT2D eigenvalue weighted by atomic mass is 9.91. The molecule has 4 rings (SSSR count). The van der Waals surface area contributed by atoms with Crippen LogP contribution in [0.3, 0.4) is 0 Å². The molecule has 2 fully saturated rings. The van der Waals surface area contributed by atoms with Crippen molar-refractivity contribution in [1.82, 2.24) is 10.1 Å². The summed E-state index contributed by atoms with van der Waals surface area (Å²) in [5, 5.41) is 1.66. The summed E-state index contributed by atoms with van der Waals surface area (Å²) in [5.41, 5.74) is -1.93. The van der Waals surface area contributed by atoms with Crippen LogP contribution in [0.4, 0.5) is 35.1 Å². The largest absolute Gasteiger partial charge is 0.438 e. The highest BCUT2D eigenvalue weighted by atomic mass is 19.2. The molecule has 0 aliphatic carbocycles. The Kier molecular flexibility index (Phi) is 7.18. The fourth-order valence-corrected chi connectivity index (χ4v) is 3.87. The summed E-state index contributed by atoms with van der Waals surface area (Å²) in [6.45, 7) is -1.33. The Labute approximate surface area is 197 Å². The van der Waals surface area contributed by atoms with Gasteiger partial charge in [-0.25, -0.2) is 44.7 Å². The summed E-state index contributed by atoms with van der Waals surface area (Å²) in [5.74, 6) is -13.2. The summed E-state index contributed by atoms with van der Waals surface area (Å²) in [6, 6.07) is 1.32. The van der Waals surface area contributed by atoms with E-state index in [-0.39, 0.29) is 26.2 Å². The van der Waals surface area contributed by atoms with E-state index >= 15 is 0 Å². The third-order valence-corrected chi connectivity index (χ3v) is 5.81. The molecule has 0 radical (unpaired) electrons. The van der Waals surface area contributed by atoms with Gasteiger partial charge in [0.05, 0.1) is 11.1 Å². The molecule has 0 spiro atoms. The van der Waals surface area contributed by atoms with Gasteiger partial charge in [0.2, 0.25) is 0 Å². The summed E-state index contributed by atoms with van der Waals surface area (Å²) in [4.78, 5) is 33.0. The van der Waals surface area contributed by atoms with Crippen LogP contribution in [-0.4, -0.2) is 48.2 Å². The standard InChI is InChI=1S/C22H16F8N2O4/c23-11-1-13(25)17(14(26)2-11)19(29)9-5-31(6-9)35-21(33)22(34)36-32-7-10(8-32)20(30)18-15(27)3-12(24)4-16(18)28/h1-4,9-10,19-20H,5-8H2. The number of nitrogens with zero attached hydrogens (tertiary/aromatic N) is 2. The van der Waals surface area contributed by atoms with E-state index in [1.807, 2.05) is 0 Å². The molecular weight excluding hydrogens is 508 g/mol. The minimum Gasteiger partial charge on any atom is -0.359 e. The van der Waals surface area contributed by atoms with Crippen molar-refractivity contribution in [3.63, 3.8) is 0 Å². The maximum absolute atomic E-state index is 14.5. The smallest absolute Gasteiger partial charge is 0.359 e. The van der Waals surface area contributed by atoms with E-state index in [2.05, 4.69) is 9.68 Å². The third kappa shape index (κ3) is 5.14. The molecule has 2 aromatic rings. The van der Waals surface area contributed by atoms with Gasteiger partial charge in [-0.1, -0.05) is 0 Å². The van der Waals surface area contributed by atoms with E-state index in [0.29, 0.717) is 24.3 Å². The number of alkyl halides is 2. The van der Waals surface area contributed by atoms with Crippen molar-refractivity contribution in [3.05, 3.63) is 70.3 Å². The van der Waals surface area contributed by atoms with Crippen LogP contribution in [-0.2, 0) is 19.3 Å². The average Bonchev–Trinajstić information content (AvgIpc) is 2.70. The first-order valence-electron chi connectivity index (χ1n) is 10.5. The Bertz CT molecular complexity index is 1050. The van der Waals surface area contributed by atoms with Gasteiger partial charge >= 0.3 is 11.9 Å². The minimum atomic E-state index is -2.17. The quantitative estimate of drug-likeness (QED) is 0.421. The average molecular weight is 524 g/mol. The van der Waals surface area contributed by atoms with Crippen molar-refractivity contribution >= 4 is 11.9 Å². The van der Waals surface area contributed by atoms with E-state index < -0.39 is 82.1 Å². The Morgan fingerprint density at radius 1 is 0.639 bits per heavy atom. The zero-order chi connectivity index (χ0) is 26.3. The summed E-state index contributed by atoms with van der Waals surface area (Å²) in [6.07, 6.45) is -4.34. The number of carbonyl (C=O) groups excluding carboxylic acids is 2. The molecule has 2 aromatic carbocycles. The fourth-order valence-electron chi connectivity index (χ4n) is 3.87. The van der Waals surface area contributed by atoms with Crippen molar-refractivity contribution < 1.29 is 54.4 Å². The van der Waals surface area contributed by atoms with Gasteiger partial charge in [0, 0.05) is 62.3 Å². The van der Waals surface area contributed by atoms with Crippen molar-refractivity contribution in [3.8, 4) is 0 Å². The molecular formula is C22H16F8N2O4. The van der Waals surface area contributed by atoms with Gasteiger partial charge in [-0.2, -0.15) is 0 Å². The van der Waals surface area contributed by atoms with Gasteiger partial charge in [-0.3, -0.25) is 0 Å². The highest BCUT2D eigenvalue weighted by Gasteiger charge is 2.43. The maximum atomic E-state index is 14.5. The molecule has 194 valence electrons. The van der Waals surface area contributed by atoms with Crippen LogP contribution < -0.4 is 0 Å². The first kappa shape index (κ1) is 25.8. The number of hydrogen-bond donors (Lipinski definition) is 0. The number of halogens is 8. The number of hydrogen-bond acceptors (Lipinski definition) is 6. The molecule has 0 N–H and O–H groups in total. The molecule has 2 saturated heterocycles. The molecule has 36 heavy (non-hydrogen) atoms. The second-order valence-electron chi connectivity index (χ2n) is 8.34. The van der Waals surface area contributed by atoms with E-state index in [4.69, 9.17) is 0 Å². The summed E-state index contributed by atoms with van der Waals surface area (Å²) >= 11 is 0. The Morgan fingerprint density at radius 2 is 0.917 bits per heavy atom. The molecule has 2 aliphatic rings. The molecule has 0 bridgehead atoms. The van der Waals surface area contributed by atoms with Crippen molar-refractivity contribution in [2.45, 2.75) is 12.3 Å². The molecule has 0 saturated carbocycles. The summed E-state index contributed by atoms with van der Waals surface area (Å²) < 4.78 is 110. The topological polar surface area (TPSA) is 59.1 Å². The second kappa shape index (κ2) is 10.0. The zero-order valence-corrected chi connectivity index (χ0v) is 18.0. The molecule has 6 nitrogen and oxygen atoms in total. The Morgan fingerprint density at radius 3 is 1.19 bits per heavy atom. The molecule has 0 amide bonds. The number of rotatable bonds is 6. The van der Waals surface area contributed by atoms with Crippen LogP contribution in [0.25, 0.3) is 0 Å². The molecule has 2 aliphatic heterocycles. The van der Waals surface area contributed by atoms with E-state index in [1.54, 1.807) is 0 Å². The van der Waals surface area contributed by atoms with Crippen LogP contribution in [0.2, 0.25) is 0 Å². The number of hydroxylamine groups is 4. The maximum Gasteiger partial charge on any atom is 0.438 e. The normalized spacial score (nSPS) is 18.8. The Balaban J connectivity index is 1.22. The van der Waals surface area contributed by atoms with E-state index in [1.165, 1.54) is 0 Å². The lowest BCUT2D eigenvalue weighted by Gasteiger charge is -2.39. The predicted molar refractivity (Wildman–Crippen MR) is 103 cm³/mol. The molecule has 2 atom stereocenters. The van der Waals surface area contributed by atoms with Gasteiger partial charge in [-0.05, 0) is 0 Å². The van der Waals surface area contributed by atoms with Crippen LogP contribution in [0.5, 0.6) is 0 Å². The lowest BCUT2D eigenvalue weighted by Crippen LogP contribution is -2.52. The van der Waals surface area contributed by atoms with Gasteiger partial charge in [0.1, 0.15) is 47.2 Å². The number of carbonyl (C=O) groups is 2. The van der Waals surface area contributed by atoms with Crippen LogP contribution in [0.15, 0.2) is 24.3 Å². The van der Waals surface area contributed by atoms with Gasteiger partial charge in [0.15, 0.2) is 0 Å². The number of benzene rings is 2. The molecule has 2 unspecified atom stereocenters. The second-order valence-corrected chi connectivity index (χ2v) is 8.34. The van der Waals surface area contributed by atoms with Crippen molar-refractivity contribution in [1.29, 1.82) is 0 Å². The zero-order valence-electron chi connectivity index (χ0n) is 18.0. The highest BCUT2D eigenvalue weighted by molar-refractivity contribution is 6.29. The van der Waals surface area contributed by atoms with Crippen LogP contribution >= 0.6 is 0 Å². The SMILES string of the molecule is O=C(ON1CC(C(F)c2c(F)cc(F)cc2F)C1)C(=O)ON1CC(C(F)c2c(F)cc(F)cc2F)C1. The minimum absolute atomic E-state index is 0.329. The van der Waals surface area contributed by atoms with E-state index in [0.717, 1.165) is 10.1 Å². The molecule has 2 heterocycles. The molecule has 14 heteroatoms. The molecule has 0 aromatic heterocycles. The first-order valence-corrected chi connectivity index (χ1v) is 10.5. The van der Waals surface area contributed by atoms with E-state index in [9.17, 15) is 44.7 Å². The van der Waals surface area contributed by atoms with Gasteiger partial charge in [-0.15, -0.1) is 10.1 Å². The van der Waals surface area contributed by atoms with Crippen LogP contribution in [0.1, 0.15) is 23.5 Å². The van der Waals surface area contributed by atoms with Crippen molar-refractivity contribution in [2.24, 2.45) is 11.8 Å². The van der Waals surface area contributed by atoms with Crippen LogP contribution in [0, 0.1) is 46.7 Å².